The van der Waals surface area contributed by atoms with Crippen molar-refractivity contribution >= 4 is 5.71 Å². The first kappa shape index (κ1) is 21.6. The summed E-state index contributed by atoms with van der Waals surface area (Å²) in [5.41, 5.74) is 5.39. The number of methoxy groups -OCH3 is 1. The van der Waals surface area contributed by atoms with Crippen LogP contribution in [0.5, 0.6) is 5.75 Å². The van der Waals surface area contributed by atoms with E-state index < -0.39 is 0 Å². The van der Waals surface area contributed by atoms with E-state index in [1.165, 1.54) is 54.6 Å². The highest BCUT2D eigenvalue weighted by atomic mass is 16.5. The Balaban J connectivity index is 1.47. The van der Waals surface area contributed by atoms with Crippen molar-refractivity contribution in [2.24, 2.45) is 16.8 Å². The predicted molar refractivity (Wildman–Crippen MR) is 139 cm³/mol. The van der Waals surface area contributed by atoms with Gasteiger partial charge in [-0.15, -0.1) is 0 Å². The summed E-state index contributed by atoms with van der Waals surface area (Å²) < 4.78 is 5.65. The number of benzene rings is 3. The summed E-state index contributed by atoms with van der Waals surface area (Å²) in [7, 11) is 1.76. The fourth-order valence-corrected chi connectivity index (χ4v) is 6.91. The second-order valence-corrected chi connectivity index (χ2v) is 10.2. The van der Waals surface area contributed by atoms with Crippen molar-refractivity contribution < 1.29 is 4.74 Å². The summed E-state index contributed by atoms with van der Waals surface area (Å²) in [4.78, 5) is 8.30. The van der Waals surface area contributed by atoms with Crippen molar-refractivity contribution in [2.45, 2.75) is 50.2 Å². The SMILES string of the molecule is COc1ccccc1CN=C1C(C(c2ccccc2)c2ccccc2)N2C[C@@H]3CCC[C@H]2C[C@@H]13. The van der Waals surface area contributed by atoms with Gasteiger partial charge in [0.1, 0.15) is 5.75 Å². The number of rotatable bonds is 6. The molecular formula is C31H34N2O. The lowest BCUT2D eigenvalue weighted by molar-refractivity contribution is 0.0437. The molecule has 2 unspecified atom stereocenters. The molecule has 0 N–H and O–H groups in total. The van der Waals surface area contributed by atoms with Gasteiger partial charge in [0.05, 0.1) is 19.7 Å². The van der Waals surface area contributed by atoms with Crippen LogP contribution in [-0.2, 0) is 6.54 Å². The zero-order chi connectivity index (χ0) is 22.9. The first-order valence-corrected chi connectivity index (χ1v) is 12.8. The standard InChI is InChI=1S/C31H34N2O/c1-34-28-18-9-8-15-24(28)20-32-30-27-19-26-17-10-16-25(27)21-33(26)31(30)29(22-11-4-2-5-12-22)23-13-6-3-7-14-23/h2-9,11-15,18,25-27,29,31H,10,16-17,19-21H2,1H3/t25-,26-,27+,31?/m0/s1. The first-order chi connectivity index (χ1) is 16.8. The smallest absolute Gasteiger partial charge is 0.123 e. The predicted octanol–water partition coefficient (Wildman–Crippen LogP) is 6.34. The number of ether oxygens (including phenoxy) is 1. The minimum Gasteiger partial charge on any atom is -0.496 e. The largest absolute Gasteiger partial charge is 0.496 e. The van der Waals surface area contributed by atoms with E-state index >= 15 is 0 Å². The molecular weight excluding hydrogens is 416 g/mol. The Morgan fingerprint density at radius 3 is 2.26 bits per heavy atom. The Morgan fingerprint density at radius 1 is 0.882 bits per heavy atom. The van der Waals surface area contributed by atoms with Gasteiger partial charge in [0.15, 0.2) is 0 Å². The van der Waals surface area contributed by atoms with Crippen LogP contribution in [0.4, 0.5) is 0 Å². The molecule has 0 radical (unpaired) electrons. The molecule has 3 nitrogen and oxygen atoms in total. The van der Waals surface area contributed by atoms with Crippen LogP contribution in [-0.4, -0.2) is 36.3 Å². The van der Waals surface area contributed by atoms with Gasteiger partial charge in [0.25, 0.3) is 0 Å². The maximum absolute atomic E-state index is 5.65. The zero-order valence-corrected chi connectivity index (χ0v) is 20.0. The average molecular weight is 451 g/mol. The van der Waals surface area contributed by atoms with E-state index in [1.54, 1.807) is 7.11 Å². The van der Waals surface area contributed by atoms with E-state index in [0.717, 1.165) is 11.7 Å². The molecule has 3 aromatic rings. The number of fused-ring (bicyclic) bond motifs is 3. The van der Waals surface area contributed by atoms with E-state index in [0.29, 0.717) is 30.5 Å². The third kappa shape index (κ3) is 3.86. The molecule has 5 atom stereocenters. The third-order valence-corrected chi connectivity index (χ3v) is 8.42. The quantitative estimate of drug-likeness (QED) is 0.438. The van der Waals surface area contributed by atoms with Gasteiger partial charge in [-0.25, -0.2) is 0 Å². The highest BCUT2D eigenvalue weighted by Gasteiger charge is 2.53. The van der Waals surface area contributed by atoms with Gasteiger partial charge in [0.2, 0.25) is 0 Å². The Kier molecular flexibility index (Phi) is 5.97. The molecule has 1 aliphatic carbocycles. The van der Waals surface area contributed by atoms with Crippen LogP contribution in [0.1, 0.15) is 48.3 Å². The van der Waals surface area contributed by atoms with E-state index in [9.17, 15) is 0 Å². The topological polar surface area (TPSA) is 24.8 Å². The summed E-state index contributed by atoms with van der Waals surface area (Å²) >= 11 is 0. The molecule has 1 saturated carbocycles. The van der Waals surface area contributed by atoms with Gasteiger partial charge in [0, 0.05) is 35.7 Å². The fourth-order valence-electron chi connectivity index (χ4n) is 6.91. The van der Waals surface area contributed by atoms with Crippen LogP contribution >= 0.6 is 0 Å². The van der Waals surface area contributed by atoms with Crippen molar-refractivity contribution in [1.29, 1.82) is 0 Å². The van der Waals surface area contributed by atoms with Gasteiger partial charge in [-0.1, -0.05) is 85.3 Å². The number of aliphatic imine (C=N–C) groups is 1. The number of hydrogen-bond donors (Lipinski definition) is 0. The highest BCUT2D eigenvalue weighted by Crippen LogP contribution is 2.49. The second-order valence-electron chi connectivity index (χ2n) is 10.2. The monoisotopic (exact) mass is 450 g/mol. The number of para-hydroxylation sites is 1. The molecule has 0 spiro atoms. The van der Waals surface area contributed by atoms with Crippen LogP contribution in [0, 0.1) is 11.8 Å². The van der Waals surface area contributed by atoms with Crippen molar-refractivity contribution in [3.63, 3.8) is 0 Å². The minimum atomic E-state index is 0.295. The molecule has 3 heteroatoms. The van der Waals surface area contributed by atoms with Crippen LogP contribution in [0.2, 0.25) is 0 Å². The number of hydrogen-bond acceptors (Lipinski definition) is 3. The fraction of sp³-hybridized carbons (Fsp3) is 0.387. The summed E-state index contributed by atoms with van der Waals surface area (Å²) in [6, 6.07) is 31.6. The summed E-state index contributed by atoms with van der Waals surface area (Å²) in [6.07, 6.45) is 5.32. The minimum absolute atomic E-state index is 0.295. The Bertz CT molecular complexity index is 1100. The molecule has 5 aliphatic rings. The molecule has 3 aromatic carbocycles. The van der Waals surface area contributed by atoms with Crippen molar-refractivity contribution in [3.8, 4) is 5.75 Å². The first-order valence-electron chi connectivity index (χ1n) is 12.8. The van der Waals surface area contributed by atoms with Gasteiger partial charge in [-0.05, 0) is 42.4 Å². The van der Waals surface area contributed by atoms with E-state index in [4.69, 9.17) is 9.73 Å². The summed E-state index contributed by atoms with van der Waals surface area (Å²) in [5.74, 6) is 2.58. The molecule has 4 bridgehead atoms. The molecule has 4 saturated heterocycles. The van der Waals surface area contributed by atoms with Crippen molar-refractivity contribution in [3.05, 3.63) is 102 Å². The Morgan fingerprint density at radius 2 is 1.56 bits per heavy atom. The molecule has 0 aromatic heterocycles. The lowest BCUT2D eigenvalue weighted by Crippen LogP contribution is -2.64. The highest BCUT2D eigenvalue weighted by molar-refractivity contribution is 5.95. The molecule has 5 fully saturated rings. The van der Waals surface area contributed by atoms with Gasteiger partial charge in [-0.2, -0.15) is 0 Å². The lowest BCUT2D eigenvalue weighted by atomic mass is 9.67. The van der Waals surface area contributed by atoms with Crippen LogP contribution < -0.4 is 4.74 Å². The Labute approximate surface area is 203 Å². The van der Waals surface area contributed by atoms with E-state index in [1.807, 2.05) is 12.1 Å². The summed E-state index contributed by atoms with van der Waals surface area (Å²) in [5, 5.41) is 0. The van der Waals surface area contributed by atoms with Gasteiger partial charge >= 0.3 is 0 Å². The van der Waals surface area contributed by atoms with Crippen LogP contribution in [0.15, 0.2) is 89.9 Å². The molecule has 4 heterocycles. The third-order valence-electron chi connectivity index (χ3n) is 8.42. The maximum Gasteiger partial charge on any atom is 0.123 e. The molecule has 34 heavy (non-hydrogen) atoms. The average Bonchev–Trinajstić information content (AvgIpc) is 3.22. The van der Waals surface area contributed by atoms with Crippen molar-refractivity contribution in [1.82, 2.24) is 4.90 Å². The van der Waals surface area contributed by atoms with E-state index in [2.05, 4.69) is 77.7 Å². The zero-order valence-electron chi connectivity index (χ0n) is 20.0. The summed E-state index contributed by atoms with van der Waals surface area (Å²) in [6.45, 7) is 1.91. The molecule has 4 aliphatic heterocycles. The number of nitrogens with zero attached hydrogens (tertiary/aromatic N) is 2. The van der Waals surface area contributed by atoms with Gasteiger partial charge < -0.3 is 4.74 Å². The normalized spacial score (nSPS) is 28.9. The van der Waals surface area contributed by atoms with Crippen LogP contribution in [0.25, 0.3) is 0 Å². The molecule has 8 rings (SSSR count). The second kappa shape index (κ2) is 9.38. The maximum atomic E-state index is 5.65. The molecule has 0 amide bonds. The van der Waals surface area contributed by atoms with Crippen LogP contribution in [0.3, 0.4) is 0 Å². The van der Waals surface area contributed by atoms with E-state index in [-0.39, 0.29) is 0 Å². The molecule has 174 valence electrons. The van der Waals surface area contributed by atoms with Crippen molar-refractivity contribution in [2.75, 3.05) is 13.7 Å². The number of piperidine rings is 3. The lowest BCUT2D eigenvalue weighted by Gasteiger charge is -2.55. The van der Waals surface area contributed by atoms with Gasteiger partial charge in [-0.3, -0.25) is 9.89 Å². The Hall–Kier alpha value is -2.91.